The highest BCUT2D eigenvalue weighted by Gasteiger charge is 2.25. The zero-order valence-corrected chi connectivity index (χ0v) is 85.7. The first-order valence-electron chi connectivity index (χ1n) is 47.8. The Morgan fingerprint density at radius 2 is 0.785 bits per heavy atom. The van der Waals surface area contributed by atoms with Gasteiger partial charge in [-0.1, -0.05) is 245 Å². The number of fused-ring (bicyclic) bond motifs is 5. The quantitative estimate of drug-likeness (QED) is 0.0110. The standard InChI is InChI=1S/C28H21NO3S.C26H24N2O3.C23H19NO3S.C19H14N2O2.C14H19NO2.C13H12N2O2/c1-20-10-8-9-15-25(20)26(29-32-28(31)22-11-4-2-5-12-22)27(30)21-16-18-24(19-17-21)33-23-13-6-3-7-14-23;1-5-28-24-12-10-19(17(3)27-31-18(4)29)14-22(24)23-15-20(11-13-25(23)28)26(30)21-9-7-6-8-16(21)2;1-16-8-6-7-11-21(16)22(24-27-17(2)25)23(26)18-12-14-20(15-13-18)28-19-9-4-3-5-10-19;22-19(21-10-9-20-13-21)23-12-18-16-7-3-1-5-14(16)11-15-6-2-4-8-17(15)18;1-4-15(5-2)14(16)11-8-12-6-9-13(17-3)10-7-12;1-17-12-5-2-11(3-6-12)4-7-13(16)15-9-8-14-10-15/h2-19H,1H3;6-15H,5H2,1-4H3;3-15H,1-2H3;1-11,13H,12H2;6-11H,4-5H2,1-3H3;2-10H,1H3/b29-26-;27-17+;24-22-;;11-8+;7-4+. The van der Waals surface area contributed by atoms with E-state index in [1.165, 1.54) is 41.7 Å². The molecule has 26 heteroatoms. The topological polar surface area (TPSA) is 290 Å². The van der Waals surface area contributed by atoms with Crippen molar-refractivity contribution in [1.82, 2.24) is 28.6 Å². The van der Waals surface area contributed by atoms with Crippen LogP contribution in [0.2, 0.25) is 0 Å². The molecule has 0 N–H and O–H groups in total. The second-order valence-corrected chi connectivity index (χ2v) is 35.6. The van der Waals surface area contributed by atoms with Gasteiger partial charge in [0.1, 0.15) is 30.8 Å². The average molecular weight is 2020 g/mol. The van der Waals surface area contributed by atoms with Crippen molar-refractivity contribution in [3.05, 3.63) is 479 Å². The summed E-state index contributed by atoms with van der Waals surface area (Å²) in [6.45, 7) is 18.7. The van der Waals surface area contributed by atoms with Crippen molar-refractivity contribution in [2.75, 3.05) is 27.3 Å². The van der Waals surface area contributed by atoms with Gasteiger partial charge < -0.3 is 38.2 Å². The van der Waals surface area contributed by atoms with E-state index in [0.29, 0.717) is 44.7 Å². The number of nitrogens with zero attached hydrogens (tertiary/aromatic N) is 9. The van der Waals surface area contributed by atoms with E-state index in [-0.39, 0.29) is 47.2 Å². The first-order valence-corrected chi connectivity index (χ1v) is 49.4. The molecule has 0 radical (unpaired) electrons. The van der Waals surface area contributed by atoms with Gasteiger partial charge in [-0.05, 0) is 261 Å². The molecule has 0 aliphatic heterocycles. The number of carbonyl (C=O) groups excluding carboxylic acids is 9. The molecule has 149 heavy (non-hydrogen) atoms. The second-order valence-electron chi connectivity index (χ2n) is 33.3. The van der Waals surface area contributed by atoms with Crippen molar-refractivity contribution in [3.8, 4) is 11.5 Å². The van der Waals surface area contributed by atoms with E-state index in [9.17, 15) is 43.2 Å². The number of rotatable bonds is 28. The van der Waals surface area contributed by atoms with Crippen LogP contribution >= 0.6 is 23.5 Å². The van der Waals surface area contributed by atoms with Gasteiger partial charge in [-0.25, -0.2) is 33.7 Å². The van der Waals surface area contributed by atoms with Crippen LogP contribution in [0.1, 0.15) is 143 Å². The Balaban J connectivity index is 0.000000152. The molecule has 0 bridgehead atoms. The molecular formula is C123H109N9O15S2. The van der Waals surface area contributed by atoms with E-state index in [1.807, 2.05) is 302 Å². The third-order valence-corrected chi connectivity index (χ3v) is 25.3. The molecule has 0 fully saturated rings. The molecule has 15 aromatic carbocycles. The molecule has 0 spiro atoms. The smallest absolute Gasteiger partial charge is 0.419 e. The van der Waals surface area contributed by atoms with E-state index in [0.717, 1.165) is 133 Å². The van der Waals surface area contributed by atoms with Gasteiger partial charge in [-0.15, -0.1) is 0 Å². The molecule has 18 aromatic rings. The maximum absolute atomic E-state index is 13.4. The van der Waals surface area contributed by atoms with Crippen LogP contribution in [0.5, 0.6) is 11.5 Å². The molecule has 3 aromatic heterocycles. The summed E-state index contributed by atoms with van der Waals surface area (Å²) in [5.74, 6) is -0.723. The van der Waals surface area contributed by atoms with Crippen LogP contribution in [-0.4, -0.2) is 126 Å². The molecule has 0 saturated carbocycles. The molecule has 0 atom stereocenters. The summed E-state index contributed by atoms with van der Waals surface area (Å²) in [5, 5.41) is 18.3. The van der Waals surface area contributed by atoms with Gasteiger partial charge in [0.25, 0.3) is 5.91 Å². The summed E-state index contributed by atoms with van der Waals surface area (Å²) >= 11 is 3.23. The van der Waals surface area contributed by atoms with Gasteiger partial charge in [0.15, 0.2) is 17.2 Å². The molecule has 0 aliphatic carbocycles. The Labute approximate surface area is 872 Å². The predicted molar refractivity (Wildman–Crippen MR) is 590 cm³/mol. The van der Waals surface area contributed by atoms with E-state index >= 15 is 0 Å². The minimum atomic E-state index is -0.621. The van der Waals surface area contributed by atoms with Crippen molar-refractivity contribution in [3.63, 3.8) is 0 Å². The minimum Gasteiger partial charge on any atom is -0.497 e. The number of aryl methyl sites for hydroxylation is 4. The summed E-state index contributed by atoms with van der Waals surface area (Å²) < 4.78 is 20.6. The number of allylic oxidation sites excluding steroid dienone is 1. The number of ketones is 3. The lowest BCUT2D eigenvalue weighted by atomic mass is 9.97. The molecule has 0 unspecified atom stereocenters. The van der Waals surface area contributed by atoms with Gasteiger partial charge in [0.05, 0.1) is 25.5 Å². The summed E-state index contributed by atoms with van der Waals surface area (Å²) in [7, 11) is 3.25. The average Bonchev–Trinajstić information content (AvgIpc) is 1.60. The Morgan fingerprint density at radius 1 is 0.383 bits per heavy atom. The molecule has 18 rings (SSSR count). The fourth-order valence-corrected chi connectivity index (χ4v) is 17.2. The molecule has 0 saturated heterocycles. The number of ether oxygens (including phenoxy) is 3. The van der Waals surface area contributed by atoms with E-state index in [2.05, 4.69) is 67.3 Å². The van der Waals surface area contributed by atoms with Crippen LogP contribution in [0.3, 0.4) is 0 Å². The lowest BCUT2D eigenvalue weighted by Gasteiger charge is -2.15. The van der Waals surface area contributed by atoms with Crippen molar-refractivity contribution in [2.45, 2.75) is 95.0 Å². The number of benzene rings is 15. The number of amides is 1. The van der Waals surface area contributed by atoms with Crippen LogP contribution in [-0.2, 0) is 46.8 Å². The van der Waals surface area contributed by atoms with Crippen molar-refractivity contribution < 1.29 is 71.9 Å². The monoisotopic (exact) mass is 2020 g/mol. The Hall–Kier alpha value is -18.1. The molecule has 0 aliphatic rings. The first kappa shape index (κ1) is 108. The number of likely N-dealkylation sites (N-methyl/N-ethyl adjacent to an activating group) is 1. The lowest BCUT2D eigenvalue weighted by Crippen LogP contribution is -2.28. The number of Topliss-reactive ketones (excluding diaryl/α,β-unsaturated/α-hetero) is 2. The Morgan fingerprint density at radius 3 is 1.23 bits per heavy atom. The highest BCUT2D eigenvalue weighted by Crippen LogP contribution is 2.35. The van der Waals surface area contributed by atoms with Gasteiger partial charge in [-0.2, -0.15) is 0 Å². The highest BCUT2D eigenvalue weighted by atomic mass is 32.2. The SMILES string of the molecule is CC(=O)O/N=C(\C(=O)c1ccc(Sc2ccccc2)cc1)c1ccccc1C.CCN(CC)C(=O)/C=C/c1ccc(OC)cc1.CCn1c2ccc(C(=O)c3ccccc3C)cc2c2cc(/C(C)=N/OC(C)=O)ccc21.COc1ccc(/C=C/C(=O)n2ccnc2)cc1.Cc1ccccc1/C(=N/OC(=O)c1ccccc1)C(=O)c1ccc(Sc2ccccc2)cc1.O=C(OCc1c2ccccc2cc2ccccc12)n1ccnc1. The van der Waals surface area contributed by atoms with Gasteiger partial charge in [0.2, 0.25) is 17.5 Å². The summed E-state index contributed by atoms with van der Waals surface area (Å²) in [6.07, 6.45) is 15.5. The molecule has 3 heterocycles. The summed E-state index contributed by atoms with van der Waals surface area (Å²) in [4.78, 5) is 138. The number of oxime groups is 3. The fraction of sp³-hybridized carbons (Fsp3) is 0.122. The first-order chi connectivity index (χ1) is 72.4. The van der Waals surface area contributed by atoms with Crippen molar-refractivity contribution >= 4 is 149 Å². The van der Waals surface area contributed by atoms with Gasteiger partial charge in [-0.3, -0.25) is 28.5 Å². The maximum atomic E-state index is 13.4. The lowest BCUT2D eigenvalue weighted by molar-refractivity contribution is -0.141. The number of aromatic nitrogens is 5. The third-order valence-electron chi connectivity index (χ3n) is 23.3. The van der Waals surface area contributed by atoms with Gasteiger partial charge in [0, 0.05) is 151 Å². The minimum absolute atomic E-state index is 0.0150. The van der Waals surface area contributed by atoms with Crippen LogP contribution in [0.4, 0.5) is 4.79 Å². The van der Waals surface area contributed by atoms with E-state index in [1.54, 1.807) is 147 Å². The molecule has 748 valence electrons. The van der Waals surface area contributed by atoms with E-state index < -0.39 is 24.0 Å². The van der Waals surface area contributed by atoms with Crippen LogP contribution < -0.4 is 9.47 Å². The normalized spacial score (nSPS) is 11.1. The van der Waals surface area contributed by atoms with Crippen molar-refractivity contribution in [1.29, 1.82) is 0 Å². The largest absolute Gasteiger partial charge is 0.497 e. The predicted octanol–water partition coefficient (Wildman–Crippen LogP) is 26.7. The summed E-state index contributed by atoms with van der Waals surface area (Å²) in [5.41, 5.74) is 13.4. The van der Waals surface area contributed by atoms with Crippen LogP contribution in [0.25, 0.3) is 55.5 Å². The number of hydrogen-bond acceptors (Lipinski definition) is 22. The second kappa shape index (κ2) is 54.5. The third kappa shape index (κ3) is 30.3. The Kier molecular flexibility index (Phi) is 39.6. The zero-order valence-electron chi connectivity index (χ0n) is 84.1. The number of imidazole rings is 2. The number of carbonyl (C=O) groups is 9. The van der Waals surface area contributed by atoms with Gasteiger partial charge >= 0.3 is 24.0 Å². The van der Waals surface area contributed by atoms with Crippen molar-refractivity contribution in [2.24, 2.45) is 15.5 Å². The maximum Gasteiger partial charge on any atom is 0.419 e. The van der Waals surface area contributed by atoms with E-state index in [4.69, 9.17) is 28.7 Å². The van der Waals surface area contributed by atoms with Crippen LogP contribution in [0.15, 0.2) is 436 Å². The number of methoxy groups -OCH3 is 2. The number of hydrogen-bond donors (Lipinski definition) is 0. The van der Waals surface area contributed by atoms with Crippen LogP contribution in [0, 0.1) is 20.8 Å². The zero-order chi connectivity index (χ0) is 106. The summed E-state index contributed by atoms with van der Waals surface area (Å²) in [6, 6.07) is 111. The highest BCUT2D eigenvalue weighted by molar-refractivity contribution is 7.99. The Bertz CT molecular complexity index is 7810. The molecular weight excluding hydrogens is 1910 g/mol. The molecule has 24 nitrogen and oxygen atoms in total. The fourth-order valence-electron chi connectivity index (χ4n) is 15.5. The molecule has 1 amide bonds.